The molecule has 0 N–H and O–H groups in total. The van der Waals surface area contributed by atoms with Crippen LogP contribution in [-0.2, 0) is 9.47 Å². The van der Waals surface area contributed by atoms with Crippen molar-refractivity contribution in [2.45, 2.75) is 25.5 Å². The van der Waals surface area contributed by atoms with Crippen molar-refractivity contribution in [1.29, 1.82) is 0 Å². The smallest absolute Gasteiger partial charge is 0.276 e. The highest BCUT2D eigenvalue weighted by Crippen LogP contribution is 2.22. The summed E-state index contributed by atoms with van der Waals surface area (Å²) in [7, 11) is 3.24. The second kappa shape index (κ2) is 7.28. The first-order valence-electron chi connectivity index (χ1n) is 8.05. The fourth-order valence-corrected chi connectivity index (χ4v) is 3.15. The Labute approximate surface area is 145 Å². The maximum Gasteiger partial charge on any atom is 0.276 e. The molecule has 0 radical (unpaired) electrons. The van der Waals surface area contributed by atoms with E-state index in [9.17, 15) is 9.18 Å². The van der Waals surface area contributed by atoms with Crippen LogP contribution in [0.1, 0.15) is 22.5 Å². The minimum absolute atomic E-state index is 0.0153. The number of methoxy groups -OCH3 is 2. The molecule has 1 amide bonds. The molecule has 134 valence electrons. The monoisotopic (exact) mass is 348 g/mol. The van der Waals surface area contributed by atoms with E-state index in [1.54, 1.807) is 38.3 Å². The van der Waals surface area contributed by atoms with Gasteiger partial charge < -0.3 is 14.4 Å². The van der Waals surface area contributed by atoms with Crippen LogP contribution in [0.2, 0.25) is 0 Å². The number of hydrogen-bond donors (Lipinski definition) is 0. The fraction of sp³-hybridized carbons (Fsp3) is 0.471. The zero-order valence-electron chi connectivity index (χ0n) is 14.5. The lowest BCUT2D eigenvalue weighted by molar-refractivity contribution is 0.0606. The maximum atomic E-state index is 13.3. The molecule has 1 aromatic carbocycles. The Morgan fingerprint density at radius 3 is 2.88 bits per heavy atom. The second-order valence-electron chi connectivity index (χ2n) is 6.14. The van der Waals surface area contributed by atoms with Gasteiger partial charge in [-0.15, -0.1) is 5.10 Å². The molecule has 2 aromatic rings. The Hall–Kier alpha value is -2.32. The molecule has 1 aliphatic heterocycles. The molecular formula is C17H21FN4O3. The Bertz CT molecular complexity index is 764. The molecule has 0 unspecified atom stereocenters. The molecule has 0 saturated carbocycles. The van der Waals surface area contributed by atoms with Crippen LogP contribution in [0, 0.1) is 12.7 Å². The summed E-state index contributed by atoms with van der Waals surface area (Å²) in [5.74, 6) is -0.532. The number of rotatable bonds is 5. The van der Waals surface area contributed by atoms with Gasteiger partial charge in [-0.05, 0) is 37.1 Å². The highest BCUT2D eigenvalue weighted by Gasteiger charge is 2.36. The molecule has 1 aromatic heterocycles. The molecule has 0 bridgehead atoms. The van der Waals surface area contributed by atoms with Gasteiger partial charge >= 0.3 is 0 Å². The molecule has 25 heavy (non-hydrogen) atoms. The van der Waals surface area contributed by atoms with Crippen LogP contribution in [0.4, 0.5) is 4.39 Å². The van der Waals surface area contributed by atoms with Crippen LogP contribution < -0.4 is 0 Å². The van der Waals surface area contributed by atoms with Crippen LogP contribution in [-0.4, -0.2) is 65.3 Å². The van der Waals surface area contributed by atoms with Crippen LogP contribution in [0.5, 0.6) is 0 Å². The number of hydrogen-bond acceptors (Lipinski definition) is 5. The van der Waals surface area contributed by atoms with Gasteiger partial charge in [0.1, 0.15) is 5.82 Å². The van der Waals surface area contributed by atoms with E-state index in [2.05, 4.69) is 10.3 Å². The summed E-state index contributed by atoms with van der Waals surface area (Å²) in [6.07, 6.45) is 2.27. The Balaban J connectivity index is 1.82. The number of aromatic nitrogens is 3. The molecular weight excluding hydrogens is 327 g/mol. The molecule has 0 aliphatic carbocycles. The summed E-state index contributed by atoms with van der Waals surface area (Å²) >= 11 is 0. The summed E-state index contributed by atoms with van der Waals surface area (Å²) in [4.78, 5) is 14.5. The Morgan fingerprint density at radius 1 is 1.40 bits per heavy atom. The molecule has 3 rings (SSSR count). The first-order chi connectivity index (χ1) is 12.0. The lowest BCUT2D eigenvalue weighted by Crippen LogP contribution is -2.38. The van der Waals surface area contributed by atoms with Crippen molar-refractivity contribution in [3.63, 3.8) is 0 Å². The second-order valence-corrected chi connectivity index (χ2v) is 6.14. The quantitative estimate of drug-likeness (QED) is 0.821. The predicted molar refractivity (Wildman–Crippen MR) is 88.2 cm³/mol. The van der Waals surface area contributed by atoms with Crippen molar-refractivity contribution in [1.82, 2.24) is 19.9 Å². The van der Waals surface area contributed by atoms with Crippen molar-refractivity contribution in [3.05, 3.63) is 41.5 Å². The summed E-state index contributed by atoms with van der Waals surface area (Å²) in [5, 5.41) is 8.01. The van der Waals surface area contributed by atoms with Gasteiger partial charge in [0.25, 0.3) is 5.91 Å². The molecule has 1 fully saturated rings. The van der Waals surface area contributed by atoms with Gasteiger partial charge in [-0.25, -0.2) is 9.07 Å². The van der Waals surface area contributed by atoms with E-state index in [1.807, 2.05) is 0 Å². The summed E-state index contributed by atoms with van der Waals surface area (Å²) in [6.45, 7) is 2.71. The summed E-state index contributed by atoms with van der Waals surface area (Å²) < 4.78 is 25.3. The summed E-state index contributed by atoms with van der Waals surface area (Å²) in [5.41, 5.74) is 1.63. The van der Waals surface area contributed by atoms with Gasteiger partial charge in [-0.3, -0.25) is 4.79 Å². The number of carbonyl (C=O) groups excluding carboxylic acids is 1. The van der Waals surface area contributed by atoms with Gasteiger partial charge in [0, 0.05) is 20.8 Å². The Kier molecular flexibility index (Phi) is 5.10. The van der Waals surface area contributed by atoms with Crippen LogP contribution in [0.3, 0.4) is 0 Å². The lowest BCUT2D eigenvalue weighted by atomic mass is 10.2. The predicted octanol–water partition coefficient (Wildman–Crippen LogP) is 1.59. The van der Waals surface area contributed by atoms with Crippen molar-refractivity contribution in [3.8, 4) is 5.69 Å². The Morgan fingerprint density at radius 2 is 2.20 bits per heavy atom. The number of likely N-dealkylation sites (tertiary alicyclic amines) is 1. The van der Waals surface area contributed by atoms with Crippen LogP contribution >= 0.6 is 0 Å². The molecule has 2 heterocycles. The third-order valence-electron chi connectivity index (χ3n) is 4.45. The first kappa shape index (κ1) is 17.5. The van der Waals surface area contributed by atoms with Gasteiger partial charge in [0.15, 0.2) is 5.69 Å². The van der Waals surface area contributed by atoms with Gasteiger partial charge in [0.05, 0.1) is 30.6 Å². The average molecular weight is 348 g/mol. The molecule has 2 atom stereocenters. The lowest BCUT2D eigenvalue weighted by Gasteiger charge is -2.22. The van der Waals surface area contributed by atoms with E-state index in [0.29, 0.717) is 24.4 Å². The van der Waals surface area contributed by atoms with Gasteiger partial charge in [-0.2, -0.15) is 0 Å². The zero-order chi connectivity index (χ0) is 18.0. The minimum atomic E-state index is -0.317. The standard InChI is InChI=1S/C17H21FN4O3/c1-11-6-12(18)4-5-16(11)22-9-15(19-20-22)17(23)21-8-14(25-3)7-13(21)10-24-2/h4-6,9,13-14H,7-8,10H2,1-3H3/t13-,14-/m0/s1. The highest BCUT2D eigenvalue weighted by molar-refractivity contribution is 5.92. The molecule has 8 heteroatoms. The topological polar surface area (TPSA) is 69.5 Å². The number of benzene rings is 1. The zero-order valence-corrected chi connectivity index (χ0v) is 14.5. The third kappa shape index (κ3) is 3.54. The normalized spacial score (nSPS) is 20.2. The van der Waals surface area contributed by atoms with E-state index >= 15 is 0 Å². The van der Waals surface area contributed by atoms with Crippen molar-refractivity contribution in [2.75, 3.05) is 27.4 Å². The first-order valence-corrected chi connectivity index (χ1v) is 8.05. The van der Waals surface area contributed by atoms with Crippen LogP contribution in [0.25, 0.3) is 5.69 Å². The molecule has 1 aliphatic rings. The fourth-order valence-electron chi connectivity index (χ4n) is 3.15. The molecule has 7 nitrogen and oxygen atoms in total. The van der Waals surface area contributed by atoms with E-state index in [0.717, 1.165) is 6.42 Å². The molecule has 1 saturated heterocycles. The maximum absolute atomic E-state index is 13.3. The van der Waals surface area contributed by atoms with Crippen molar-refractivity contribution >= 4 is 5.91 Å². The number of amides is 1. The van der Waals surface area contributed by atoms with Crippen molar-refractivity contribution < 1.29 is 18.7 Å². The van der Waals surface area contributed by atoms with Crippen LogP contribution in [0.15, 0.2) is 24.4 Å². The highest BCUT2D eigenvalue weighted by atomic mass is 19.1. The minimum Gasteiger partial charge on any atom is -0.383 e. The van der Waals surface area contributed by atoms with E-state index in [4.69, 9.17) is 9.47 Å². The SMILES string of the molecule is COC[C@@H]1C[C@H](OC)CN1C(=O)c1cn(-c2ccc(F)cc2C)nn1. The molecule has 0 spiro atoms. The average Bonchev–Trinajstić information content (AvgIpc) is 3.22. The van der Waals surface area contributed by atoms with Gasteiger partial charge in [-0.1, -0.05) is 5.21 Å². The van der Waals surface area contributed by atoms with E-state index in [-0.39, 0.29) is 29.6 Å². The van der Waals surface area contributed by atoms with Gasteiger partial charge in [0.2, 0.25) is 0 Å². The summed E-state index contributed by atoms with van der Waals surface area (Å²) in [6, 6.07) is 4.32. The van der Waals surface area contributed by atoms with Crippen molar-refractivity contribution in [2.24, 2.45) is 0 Å². The largest absolute Gasteiger partial charge is 0.383 e. The number of aryl methyl sites for hydroxylation is 1. The number of ether oxygens (including phenoxy) is 2. The van der Waals surface area contributed by atoms with E-state index in [1.165, 1.54) is 16.8 Å². The third-order valence-corrected chi connectivity index (χ3v) is 4.45. The van der Waals surface area contributed by atoms with E-state index < -0.39 is 0 Å². The number of halogens is 1. The number of carbonyl (C=O) groups is 1. The number of nitrogens with zero attached hydrogens (tertiary/aromatic N) is 4.